The van der Waals surface area contributed by atoms with Gasteiger partial charge in [-0.1, -0.05) is 18.2 Å². The number of rotatable bonds is 4. The van der Waals surface area contributed by atoms with Gasteiger partial charge < -0.3 is 14.8 Å². The van der Waals surface area contributed by atoms with Gasteiger partial charge in [-0.2, -0.15) is 0 Å². The molecule has 0 aliphatic rings. The maximum absolute atomic E-state index is 12.1. The van der Waals surface area contributed by atoms with E-state index < -0.39 is 17.9 Å². The van der Waals surface area contributed by atoms with Gasteiger partial charge in [0.05, 0.1) is 0 Å². The second-order valence-electron chi connectivity index (χ2n) is 4.79. The fraction of sp³-hybridized carbons (Fsp3) is 0.267. The van der Waals surface area contributed by atoms with Crippen LogP contribution < -0.4 is 5.32 Å². The molecular weight excluding hydrogens is 272 g/mol. The maximum atomic E-state index is 12.1. The van der Waals surface area contributed by atoms with E-state index in [1.54, 1.807) is 19.1 Å². The van der Waals surface area contributed by atoms with Crippen molar-refractivity contribution in [2.45, 2.75) is 26.8 Å². The summed E-state index contributed by atoms with van der Waals surface area (Å²) in [6, 6.07) is 4.22. The number of carbonyl (C=O) groups excluding carboxylic acids is 1. The fourth-order valence-corrected chi connectivity index (χ4v) is 2.08. The van der Waals surface area contributed by atoms with Crippen LogP contribution in [0, 0.1) is 20.8 Å². The summed E-state index contributed by atoms with van der Waals surface area (Å²) >= 11 is 0. The first-order valence-corrected chi connectivity index (χ1v) is 6.41. The Bertz CT molecular complexity index is 691. The molecule has 0 saturated carbocycles. The number of hydrogen-bond donors (Lipinski definition) is 2. The van der Waals surface area contributed by atoms with Crippen molar-refractivity contribution < 1.29 is 19.1 Å². The molecule has 0 spiro atoms. The van der Waals surface area contributed by atoms with Crippen LogP contribution in [0.25, 0.3) is 0 Å². The summed E-state index contributed by atoms with van der Waals surface area (Å²) in [6.07, 6.45) is 1.15. The Hall–Kier alpha value is -2.63. The largest absolute Gasteiger partial charge is 0.479 e. The zero-order valence-corrected chi connectivity index (χ0v) is 12.0. The van der Waals surface area contributed by atoms with E-state index in [9.17, 15) is 14.7 Å². The minimum absolute atomic E-state index is 0.0894. The normalized spacial score (nSPS) is 12.0. The number of benzene rings is 1. The Balaban J connectivity index is 2.33. The van der Waals surface area contributed by atoms with Gasteiger partial charge in [-0.15, -0.1) is 0 Å². The first kappa shape index (κ1) is 14.8. The van der Waals surface area contributed by atoms with Gasteiger partial charge in [0.1, 0.15) is 5.76 Å². The molecule has 1 amide bonds. The van der Waals surface area contributed by atoms with Crippen LogP contribution in [0.3, 0.4) is 0 Å². The highest BCUT2D eigenvalue weighted by Crippen LogP contribution is 2.21. The number of carboxylic acid groups (broad SMARTS) is 1. The predicted octanol–water partition coefficient (Wildman–Crippen LogP) is 2.16. The number of hydrogen-bond acceptors (Lipinski definition) is 4. The maximum Gasteiger partial charge on any atom is 0.330 e. The summed E-state index contributed by atoms with van der Waals surface area (Å²) in [7, 11) is 0. The van der Waals surface area contributed by atoms with Gasteiger partial charge in [-0.05, 0) is 37.5 Å². The molecule has 21 heavy (non-hydrogen) atoms. The van der Waals surface area contributed by atoms with Crippen LogP contribution in [0.5, 0.6) is 0 Å². The van der Waals surface area contributed by atoms with Crippen LogP contribution >= 0.6 is 0 Å². The lowest BCUT2D eigenvalue weighted by molar-refractivity contribution is -0.139. The smallest absolute Gasteiger partial charge is 0.330 e. The number of nitrogens with one attached hydrogen (secondary N) is 1. The molecule has 6 nitrogen and oxygen atoms in total. The Kier molecular flexibility index (Phi) is 4.07. The minimum atomic E-state index is -1.13. The predicted molar refractivity (Wildman–Crippen MR) is 75.0 cm³/mol. The zero-order valence-electron chi connectivity index (χ0n) is 12.0. The third kappa shape index (κ3) is 2.94. The quantitative estimate of drug-likeness (QED) is 0.899. The van der Waals surface area contributed by atoms with Crippen LogP contribution in [0.1, 0.15) is 39.0 Å². The molecule has 1 aromatic heterocycles. The molecule has 0 bridgehead atoms. The molecule has 6 heteroatoms. The molecule has 2 N–H and O–H groups in total. The minimum Gasteiger partial charge on any atom is -0.479 e. The lowest BCUT2D eigenvalue weighted by Gasteiger charge is -2.17. The summed E-state index contributed by atoms with van der Waals surface area (Å²) < 4.78 is 4.96. The van der Waals surface area contributed by atoms with E-state index in [1.807, 2.05) is 19.9 Å². The highest BCUT2D eigenvalue weighted by atomic mass is 16.4. The Labute approximate surface area is 121 Å². The molecule has 2 rings (SSSR count). The number of carboxylic acids is 1. The molecule has 1 heterocycles. The monoisotopic (exact) mass is 288 g/mol. The molecule has 0 fully saturated rings. The van der Waals surface area contributed by atoms with Gasteiger partial charge >= 0.3 is 5.97 Å². The number of amides is 1. The number of aromatic nitrogens is 1. The van der Waals surface area contributed by atoms with Gasteiger partial charge in [-0.3, -0.25) is 4.79 Å². The first-order valence-electron chi connectivity index (χ1n) is 6.41. The average Bonchev–Trinajstić information content (AvgIpc) is 2.85. The lowest BCUT2D eigenvalue weighted by Crippen LogP contribution is -2.34. The van der Waals surface area contributed by atoms with Crippen molar-refractivity contribution in [3.8, 4) is 0 Å². The van der Waals surface area contributed by atoms with Crippen molar-refractivity contribution in [1.82, 2.24) is 10.3 Å². The second kappa shape index (κ2) is 5.78. The highest BCUT2D eigenvalue weighted by molar-refractivity contribution is 5.96. The Morgan fingerprint density at radius 1 is 1.29 bits per heavy atom. The number of nitrogens with zero attached hydrogens (tertiary/aromatic N) is 1. The highest BCUT2D eigenvalue weighted by Gasteiger charge is 2.26. The number of oxazole rings is 1. The molecular formula is C15H16N2O4. The van der Waals surface area contributed by atoms with E-state index in [1.165, 1.54) is 0 Å². The topological polar surface area (TPSA) is 92.4 Å². The van der Waals surface area contributed by atoms with Crippen molar-refractivity contribution in [2.24, 2.45) is 0 Å². The van der Waals surface area contributed by atoms with Crippen LogP contribution in [-0.2, 0) is 4.79 Å². The number of aryl methyl sites for hydroxylation is 2. The molecule has 1 atom stereocenters. The van der Waals surface area contributed by atoms with E-state index in [-0.39, 0.29) is 5.69 Å². The van der Waals surface area contributed by atoms with Gasteiger partial charge in [0.2, 0.25) is 0 Å². The molecule has 0 aliphatic heterocycles. The second-order valence-corrected chi connectivity index (χ2v) is 4.79. The summed E-state index contributed by atoms with van der Waals surface area (Å²) in [4.78, 5) is 27.4. The van der Waals surface area contributed by atoms with Gasteiger partial charge in [-0.25, -0.2) is 9.78 Å². The molecule has 110 valence electrons. The van der Waals surface area contributed by atoms with Crippen molar-refractivity contribution in [1.29, 1.82) is 0 Å². The van der Waals surface area contributed by atoms with Gasteiger partial charge in [0.15, 0.2) is 18.1 Å². The average molecular weight is 288 g/mol. The van der Waals surface area contributed by atoms with Gasteiger partial charge in [0.25, 0.3) is 5.91 Å². The van der Waals surface area contributed by atoms with Gasteiger partial charge in [0, 0.05) is 0 Å². The summed E-state index contributed by atoms with van der Waals surface area (Å²) in [5.41, 5.74) is 2.44. The van der Waals surface area contributed by atoms with E-state index in [2.05, 4.69) is 10.3 Å². The first-order chi connectivity index (χ1) is 9.91. The van der Waals surface area contributed by atoms with E-state index in [0.29, 0.717) is 11.3 Å². The third-order valence-electron chi connectivity index (χ3n) is 3.44. The summed E-state index contributed by atoms with van der Waals surface area (Å²) in [5.74, 6) is -1.36. The van der Waals surface area contributed by atoms with Crippen LogP contribution in [0.4, 0.5) is 0 Å². The van der Waals surface area contributed by atoms with E-state index >= 15 is 0 Å². The summed E-state index contributed by atoms with van der Waals surface area (Å²) in [5, 5.41) is 11.9. The van der Waals surface area contributed by atoms with Crippen LogP contribution in [0.15, 0.2) is 29.0 Å². The Morgan fingerprint density at radius 2 is 2.00 bits per heavy atom. The van der Waals surface area contributed by atoms with E-state index in [4.69, 9.17) is 4.42 Å². The number of carbonyl (C=O) groups is 2. The van der Waals surface area contributed by atoms with Crippen LogP contribution in [0.2, 0.25) is 0 Å². The SMILES string of the molecule is Cc1cccc([C@H](NC(=O)c2ncoc2C)C(=O)O)c1C. The van der Waals surface area contributed by atoms with Crippen molar-refractivity contribution in [3.05, 3.63) is 52.7 Å². The molecule has 0 saturated heterocycles. The third-order valence-corrected chi connectivity index (χ3v) is 3.44. The molecule has 0 radical (unpaired) electrons. The van der Waals surface area contributed by atoms with Crippen molar-refractivity contribution in [3.63, 3.8) is 0 Å². The molecule has 2 aromatic rings. The summed E-state index contributed by atoms with van der Waals surface area (Å²) in [6.45, 7) is 5.31. The molecule has 0 unspecified atom stereocenters. The molecule has 1 aromatic carbocycles. The molecule has 0 aliphatic carbocycles. The van der Waals surface area contributed by atoms with Crippen molar-refractivity contribution in [2.75, 3.05) is 0 Å². The fourth-order valence-electron chi connectivity index (χ4n) is 2.08. The van der Waals surface area contributed by atoms with E-state index in [0.717, 1.165) is 17.5 Å². The van der Waals surface area contributed by atoms with Crippen molar-refractivity contribution >= 4 is 11.9 Å². The standard InChI is InChI=1S/C15H16N2O4/c1-8-5-4-6-11(9(8)2)13(15(19)20)17-14(18)12-10(3)21-7-16-12/h4-7,13H,1-3H3,(H,17,18)(H,19,20)/t13-/m0/s1. The Morgan fingerprint density at radius 3 is 2.57 bits per heavy atom. The number of aliphatic carboxylic acids is 1. The van der Waals surface area contributed by atoms with Crippen LogP contribution in [-0.4, -0.2) is 22.0 Å². The zero-order chi connectivity index (χ0) is 15.6. The lowest BCUT2D eigenvalue weighted by atomic mass is 9.97.